The Morgan fingerprint density at radius 3 is 2.74 bits per heavy atom. The zero-order valence-corrected chi connectivity index (χ0v) is 11.5. The molecule has 1 saturated carbocycles. The molecule has 2 rings (SSSR count). The van der Waals surface area contributed by atoms with Gasteiger partial charge in [0.25, 0.3) is 0 Å². The summed E-state index contributed by atoms with van der Waals surface area (Å²) in [5.74, 6) is 2.41. The topological polar surface area (TPSA) is 92.9 Å². The summed E-state index contributed by atoms with van der Waals surface area (Å²) in [5, 5.41) is 6.10. The number of nitrogen functional groups attached to an aromatic ring is 1. The first-order chi connectivity index (χ1) is 9.11. The summed E-state index contributed by atoms with van der Waals surface area (Å²) in [6, 6.07) is 0. The number of hydrogen-bond acceptors (Lipinski definition) is 5. The molecule has 4 N–H and O–H groups in total. The van der Waals surface area contributed by atoms with Crippen LogP contribution < -0.4 is 16.4 Å². The van der Waals surface area contributed by atoms with Gasteiger partial charge in [0, 0.05) is 31.0 Å². The van der Waals surface area contributed by atoms with Crippen LogP contribution in [-0.4, -0.2) is 29.0 Å². The fraction of sp³-hybridized carbons (Fsp3) is 0.615. The van der Waals surface area contributed by atoms with Crippen LogP contribution in [-0.2, 0) is 11.2 Å². The number of aromatic nitrogens is 2. The monoisotopic (exact) mass is 263 g/mol. The maximum Gasteiger partial charge on any atom is 0.223 e. The van der Waals surface area contributed by atoms with Gasteiger partial charge in [-0.25, -0.2) is 9.97 Å². The first-order valence-corrected chi connectivity index (χ1v) is 6.76. The fourth-order valence-corrected chi connectivity index (χ4v) is 1.77. The van der Waals surface area contributed by atoms with E-state index in [-0.39, 0.29) is 11.8 Å². The Morgan fingerprint density at radius 2 is 2.11 bits per heavy atom. The number of aryl methyl sites for hydroxylation is 1. The van der Waals surface area contributed by atoms with Crippen LogP contribution in [0.3, 0.4) is 0 Å². The average molecular weight is 263 g/mol. The van der Waals surface area contributed by atoms with Crippen molar-refractivity contribution in [3.8, 4) is 0 Å². The van der Waals surface area contributed by atoms with Gasteiger partial charge in [-0.05, 0) is 19.8 Å². The van der Waals surface area contributed by atoms with E-state index in [0.717, 1.165) is 36.5 Å². The lowest BCUT2D eigenvalue weighted by atomic mass is 10.3. The van der Waals surface area contributed by atoms with E-state index in [0.29, 0.717) is 18.9 Å². The van der Waals surface area contributed by atoms with Gasteiger partial charge in [0.15, 0.2) is 0 Å². The number of nitrogens with one attached hydrogen (secondary N) is 2. The normalized spacial score (nSPS) is 14.2. The largest absolute Gasteiger partial charge is 0.383 e. The number of carbonyl (C=O) groups excluding carboxylic acids is 1. The Kier molecular flexibility index (Phi) is 4.19. The third kappa shape index (κ3) is 3.56. The van der Waals surface area contributed by atoms with E-state index < -0.39 is 0 Å². The Balaban J connectivity index is 1.84. The van der Waals surface area contributed by atoms with Crippen molar-refractivity contribution in [3.63, 3.8) is 0 Å². The van der Waals surface area contributed by atoms with Gasteiger partial charge >= 0.3 is 0 Å². The highest BCUT2D eigenvalue weighted by Gasteiger charge is 2.28. The van der Waals surface area contributed by atoms with E-state index in [4.69, 9.17) is 5.73 Å². The fourth-order valence-electron chi connectivity index (χ4n) is 1.77. The quantitative estimate of drug-likeness (QED) is 0.662. The Morgan fingerprint density at radius 1 is 1.37 bits per heavy atom. The van der Waals surface area contributed by atoms with Crippen LogP contribution in [0.2, 0.25) is 0 Å². The third-order valence-electron chi connectivity index (χ3n) is 3.21. The maximum absolute atomic E-state index is 11.5. The highest BCUT2D eigenvalue weighted by molar-refractivity contribution is 5.80. The molecule has 1 aromatic heterocycles. The Hall–Kier alpha value is -1.85. The van der Waals surface area contributed by atoms with Gasteiger partial charge in [-0.15, -0.1) is 0 Å². The molecule has 1 fully saturated rings. The van der Waals surface area contributed by atoms with Gasteiger partial charge in [0.2, 0.25) is 5.91 Å². The number of nitrogens with two attached hydrogens (primary N) is 1. The molecule has 1 aliphatic carbocycles. The van der Waals surface area contributed by atoms with Crippen LogP contribution in [0.25, 0.3) is 0 Å². The summed E-state index contributed by atoms with van der Waals surface area (Å²) >= 11 is 0. The number of anilines is 2. The van der Waals surface area contributed by atoms with Gasteiger partial charge in [0.1, 0.15) is 17.5 Å². The molecule has 0 aromatic carbocycles. The lowest BCUT2D eigenvalue weighted by molar-refractivity contribution is -0.122. The van der Waals surface area contributed by atoms with Crippen molar-refractivity contribution < 1.29 is 4.79 Å². The van der Waals surface area contributed by atoms with Crippen molar-refractivity contribution >= 4 is 17.5 Å². The Labute approximate surface area is 113 Å². The number of rotatable bonds is 6. The first kappa shape index (κ1) is 13.6. The molecule has 1 aliphatic rings. The van der Waals surface area contributed by atoms with E-state index in [1.54, 1.807) is 0 Å². The summed E-state index contributed by atoms with van der Waals surface area (Å²) < 4.78 is 0. The molecule has 0 atom stereocenters. The van der Waals surface area contributed by atoms with E-state index in [1.165, 1.54) is 0 Å². The number of carbonyl (C=O) groups is 1. The van der Waals surface area contributed by atoms with E-state index >= 15 is 0 Å². The molecular weight excluding hydrogens is 242 g/mol. The Bertz CT molecular complexity index is 470. The van der Waals surface area contributed by atoms with Crippen LogP contribution in [0.15, 0.2) is 0 Å². The molecule has 104 valence electrons. The summed E-state index contributed by atoms with van der Waals surface area (Å²) in [7, 11) is 0. The SMILES string of the molecule is CCc1nc(N)c(C)c(NCCNC(=O)C2CC2)n1. The molecule has 0 aliphatic heterocycles. The molecule has 0 spiro atoms. The van der Waals surface area contributed by atoms with E-state index in [1.807, 2.05) is 13.8 Å². The summed E-state index contributed by atoms with van der Waals surface area (Å²) in [6.07, 6.45) is 2.80. The molecule has 1 amide bonds. The minimum absolute atomic E-state index is 0.162. The number of amides is 1. The van der Waals surface area contributed by atoms with Crippen molar-refractivity contribution in [3.05, 3.63) is 11.4 Å². The van der Waals surface area contributed by atoms with Gasteiger partial charge in [-0.3, -0.25) is 4.79 Å². The highest BCUT2D eigenvalue weighted by Crippen LogP contribution is 2.28. The van der Waals surface area contributed by atoms with Crippen molar-refractivity contribution in [1.82, 2.24) is 15.3 Å². The molecule has 0 unspecified atom stereocenters. The predicted octanol–water partition coefficient (Wildman–Crippen LogP) is 0.868. The zero-order valence-electron chi connectivity index (χ0n) is 11.5. The lowest BCUT2D eigenvalue weighted by Crippen LogP contribution is -2.30. The molecule has 0 radical (unpaired) electrons. The second kappa shape index (κ2) is 5.86. The average Bonchev–Trinajstić information content (AvgIpc) is 3.23. The second-order valence-corrected chi connectivity index (χ2v) is 4.84. The second-order valence-electron chi connectivity index (χ2n) is 4.84. The lowest BCUT2D eigenvalue weighted by Gasteiger charge is -2.12. The zero-order chi connectivity index (χ0) is 13.8. The maximum atomic E-state index is 11.5. The van der Waals surface area contributed by atoms with E-state index in [9.17, 15) is 4.79 Å². The molecule has 0 bridgehead atoms. The summed E-state index contributed by atoms with van der Waals surface area (Å²) in [5.41, 5.74) is 6.69. The van der Waals surface area contributed by atoms with Crippen LogP contribution in [0.4, 0.5) is 11.6 Å². The van der Waals surface area contributed by atoms with Gasteiger partial charge < -0.3 is 16.4 Å². The van der Waals surface area contributed by atoms with Crippen LogP contribution >= 0.6 is 0 Å². The minimum Gasteiger partial charge on any atom is -0.383 e. The molecule has 6 heteroatoms. The summed E-state index contributed by atoms with van der Waals surface area (Å²) in [6.45, 7) is 5.11. The summed E-state index contributed by atoms with van der Waals surface area (Å²) in [4.78, 5) is 20.1. The van der Waals surface area contributed by atoms with Crippen LogP contribution in [0, 0.1) is 12.8 Å². The minimum atomic E-state index is 0.162. The number of hydrogen-bond donors (Lipinski definition) is 3. The first-order valence-electron chi connectivity index (χ1n) is 6.76. The van der Waals surface area contributed by atoms with Crippen molar-refractivity contribution in [2.24, 2.45) is 5.92 Å². The molecule has 19 heavy (non-hydrogen) atoms. The molecule has 6 nitrogen and oxygen atoms in total. The standard InChI is InChI=1S/C13H21N5O/c1-3-10-17-11(14)8(2)12(18-10)15-6-7-16-13(19)9-4-5-9/h9H,3-7H2,1-2H3,(H,16,19)(H3,14,15,17,18). The van der Waals surface area contributed by atoms with Gasteiger partial charge in [0.05, 0.1) is 0 Å². The predicted molar refractivity (Wildman–Crippen MR) is 74.8 cm³/mol. The van der Waals surface area contributed by atoms with E-state index in [2.05, 4.69) is 20.6 Å². The smallest absolute Gasteiger partial charge is 0.223 e. The van der Waals surface area contributed by atoms with Gasteiger partial charge in [-0.1, -0.05) is 6.92 Å². The highest BCUT2D eigenvalue weighted by atomic mass is 16.2. The van der Waals surface area contributed by atoms with Crippen LogP contribution in [0.1, 0.15) is 31.2 Å². The molecular formula is C13H21N5O. The molecule has 1 aromatic rings. The van der Waals surface area contributed by atoms with Crippen molar-refractivity contribution in [1.29, 1.82) is 0 Å². The molecule has 1 heterocycles. The number of nitrogens with zero attached hydrogens (tertiary/aromatic N) is 2. The van der Waals surface area contributed by atoms with Crippen molar-refractivity contribution in [2.75, 3.05) is 24.1 Å². The van der Waals surface area contributed by atoms with Crippen molar-refractivity contribution in [2.45, 2.75) is 33.1 Å². The van der Waals surface area contributed by atoms with Crippen LogP contribution in [0.5, 0.6) is 0 Å². The molecule has 0 saturated heterocycles. The van der Waals surface area contributed by atoms with Gasteiger partial charge in [-0.2, -0.15) is 0 Å². The third-order valence-corrected chi connectivity index (χ3v) is 3.21.